The predicted molar refractivity (Wildman–Crippen MR) is 145 cm³/mol. The van der Waals surface area contributed by atoms with Gasteiger partial charge in [-0.3, -0.25) is 14.4 Å². The fourth-order valence-corrected chi connectivity index (χ4v) is 8.38. The van der Waals surface area contributed by atoms with E-state index in [0.29, 0.717) is 39.0 Å². The highest BCUT2D eigenvalue weighted by Crippen LogP contribution is 2.61. The minimum absolute atomic E-state index is 0.0182. The lowest BCUT2D eigenvalue weighted by atomic mass is 9.78. The maximum atomic E-state index is 14.2. The third-order valence-electron chi connectivity index (χ3n) is 8.08. The fraction of sp³-hybridized carbons (Fsp3) is 0.552. The summed E-state index contributed by atoms with van der Waals surface area (Å²) in [5.74, 6) is -1.31. The number of carbonyl (C=O) groups excluding carboxylic acids is 3. The number of benzene rings is 1. The van der Waals surface area contributed by atoms with Crippen LogP contribution >= 0.6 is 11.8 Å². The van der Waals surface area contributed by atoms with Crippen molar-refractivity contribution in [2.24, 2.45) is 11.8 Å². The van der Waals surface area contributed by atoms with Crippen LogP contribution in [0, 0.1) is 11.8 Å². The molecule has 0 bridgehead atoms. The highest BCUT2D eigenvalue weighted by Gasteiger charge is 2.71. The van der Waals surface area contributed by atoms with Crippen LogP contribution in [0.2, 0.25) is 0 Å². The second-order valence-corrected chi connectivity index (χ2v) is 12.9. The Bertz CT molecular complexity index is 1110. The highest BCUT2D eigenvalue weighted by molar-refractivity contribution is 8.02. The molecule has 0 radical (unpaired) electrons. The molecule has 1 spiro atoms. The standard InChI is InChI=1S/C29H37N3O4S/c1-28(2,3)32-17-10-14-29-23(26(35)31(16-7-8-18-33)24(29)27(32)36)22-21(37-29)13-9-15-30(25(22)34)19-20-11-5-4-6-12-20/h4-6,9-14,21-24,33H,7-8,15-19H2,1-3H3/t21-,22+,23+,24?,29+/m1/s1. The maximum Gasteiger partial charge on any atom is 0.247 e. The lowest BCUT2D eigenvalue weighted by Gasteiger charge is -2.40. The van der Waals surface area contributed by atoms with Crippen LogP contribution in [-0.2, 0) is 20.9 Å². The average Bonchev–Trinajstić information content (AvgIpc) is 3.16. The van der Waals surface area contributed by atoms with Crippen molar-refractivity contribution in [3.8, 4) is 0 Å². The van der Waals surface area contributed by atoms with Gasteiger partial charge in [-0.15, -0.1) is 11.8 Å². The van der Waals surface area contributed by atoms with E-state index < -0.39 is 28.2 Å². The molecule has 0 saturated carbocycles. The number of fused-ring (bicyclic) bond motifs is 2. The van der Waals surface area contributed by atoms with E-state index in [1.54, 1.807) is 16.7 Å². The molecular weight excluding hydrogens is 486 g/mol. The van der Waals surface area contributed by atoms with Gasteiger partial charge in [-0.2, -0.15) is 0 Å². The Morgan fingerprint density at radius 2 is 1.76 bits per heavy atom. The Kier molecular flexibility index (Phi) is 7.00. The molecule has 0 aliphatic carbocycles. The van der Waals surface area contributed by atoms with Gasteiger partial charge in [0, 0.05) is 43.6 Å². The second kappa shape index (κ2) is 9.95. The first-order valence-corrected chi connectivity index (χ1v) is 14.1. The zero-order valence-corrected chi connectivity index (χ0v) is 22.7. The summed E-state index contributed by atoms with van der Waals surface area (Å²) in [6.45, 7) is 7.96. The third kappa shape index (κ3) is 4.42. The largest absolute Gasteiger partial charge is 0.396 e. The van der Waals surface area contributed by atoms with Gasteiger partial charge < -0.3 is 19.8 Å². The minimum Gasteiger partial charge on any atom is -0.396 e. The molecular formula is C29H37N3O4S. The summed E-state index contributed by atoms with van der Waals surface area (Å²) in [6, 6.07) is 9.25. The monoisotopic (exact) mass is 523 g/mol. The van der Waals surface area contributed by atoms with E-state index in [4.69, 9.17) is 0 Å². The zero-order chi connectivity index (χ0) is 26.4. The van der Waals surface area contributed by atoms with Gasteiger partial charge in [-0.1, -0.05) is 54.6 Å². The normalized spacial score (nSPS) is 31.4. The smallest absolute Gasteiger partial charge is 0.247 e. The molecule has 0 aromatic heterocycles. The van der Waals surface area contributed by atoms with E-state index in [9.17, 15) is 19.5 Å². The Labute approximate surface area is 223 Å². The topological polar surface area (TPSA) is 81.2 Å². The van der Waals surface area contributed by atoms with Gasteiger partial charge in [0.2, 0.25) is 17.7 Å². The van der Waals surface area contributed by atoms with Crippen molar-refractivity contribution in [1.82, 2.24) is 14.7 Å². The van der Waals surface area contributed by atoms with Crippen LogP contribution in [0.1, 0.15) is 39.2 Å². The van der Waals surface area contributed by atoms with Gasteiger partial charge in [0.15, 0.2) is 0 Å². The zero-order valence-electron chi connectivity index (χ0n) is 21.9. The Balaban J connectivity index is 1.54. The molecule has 7 nitrogen and oxygen atoms in total. The number of nitrogens with zero attached hydrogens (tertiary/aromatic N) is 3. The van der Waals surface area contributed by atoms with Crippen molar-refractivity contribution in [1.29, 1.82) is 0 Å². The summed E-state index contributed by atoms with van der Waals surface area (Å²) in [5.41, 5.74) is 0.648. The molecule has 8 heteroatoms. The van der Waals surface area contributed by atoms with E-state index >= 15 is 0 Å². The molecule has 4 aliphatic rings. The lowest BCUT2D eigenvalue weighted by molar-refractivity contribution is -0.146. The number of aliphatic hydroxyl groups is 1. The lowest BCUT2D eigenvalue weighted by Crippen LogP contribution is -2.57. The van der Waals surface area contributed by atoms with Crippen molar-refractivity contribution >= 4 is 29.5 Å². The molecule has 3 amide bonds. The van der Waals surface area contributed by atoms with Crippen LogP contribution in [0.25, 0.3) is 0 Å². The molecule has 1 aromatic carbocycles. The molecule has 2 saturated heterocycles. The summed E-state index contributed by atoms with van der Waals surface area (Å²) < 4.78 is -0.793. The number of likely N-dealkylation sites (tertiary alicyclic amines) is 1. The summed E-state index contributed by atoms with van der Waals surface area (Å²) in [4.78, 5) is 47.9. The van der Waals surface area contributed by atoms with E-state index in [0.717, 1.165) is 5.56 Å². The summed E-state index contributed by atoms with van der Waals surface area (Å²) >= 11 is 1.62. The molecule has 37 heavy (non-hydrogen) atoms. The quantitative estimate of drug-likeness (QED) is 0.458. The maximum absolute atomic E-state index is 14.2. The summed E-state index contributed by atoms with van der Waals surface area (Å²) in [5, 5.41) is 9.20. The van der Waals surface area contributed by atoms with Gasteiger partial charge in [0.1, 0.15) is 6.04 Å². The molecule has 4 aliphatic heterocycles. The van der Waals surface area contributed by atoms with Crippen LogP contribution in [0.3, 0.4) is 0 Å². The van der Waals surface area contributed by atoms with E-state index in [1.807, 2.05) is 73.1 Å². The number of unbranched alkanes of at least 4 members (excludes halogenated alkanes) is 1. The van der Waals surface area contributed by atoms with Gasteiger partial charge in [0.25, 0.3) is 0 Å². The van der Waals surface area contributed by atoms with Gasteiger partial charge in [-0.05, 0) is 39.2 Å². The Hall–Kier alpha value is -2.58. The predicted octanol–water partition coefficient (Wildman–Crippen LogP) is 2.85. The molecule has 198 valence electrons. The molecule has 5 atom stereocenters. The SMILES string of the molecule is CC(C)(C)N1CC=C[C@]23S[C@@H]4C=CCN(Cc5ccccc5)C(=O)[C@@H]4[C@H]2C(=O)N(CCCCO)C3C1=O. The van der Waals surface area contributed by atoms with Crippen LogP contribution in [-0.4, -0.2) is 85.3 Å². The first kappa shape index (κ1) is 26.0. The van der Waals surface area contributed by atoms with Crippen LogP contribution in [0.4, 0.5) is 0 Å². The number of carbonyl (C=O) groups is 3. The van der Waals surface area contributed by atoms with Gasteiger partial charge in [0.05, 0.1) is 16.6 Å². The number of thioether (sulfide) groups is 1. The van der Waals surface area contributed by atoms with E-state index in [1.165, 1.54) is 0 Å². The first-order chi connectivity index (χ1) is 17.7. The number of amides is 3. The number of aliphatic hydroxyl groups excluding tert-OH is 1. The molecule has 2 fully saturated rings. The Morgan fingerprint density at radius 1 is 1.00 bits per heavy atom. The van der Waals surface area contributed by atoms with Crippen molar-refractivity contribution < 1.29 is 19.5 Å². The molecule has 1 unspecified atom stereocenters. The molecule has 4 heterocycles. The molecule has 5 rings (SSSR count). The second-order valence-electron chi connectivity index (χ2n) is 11.5. The highest BCUT2D eigenvalue weighted by atomic mass is 32.2. The van der Waals surface area contributed by atoms with Gasteiger partial charge in [-0.25, -0.2) is 0 Å². The van der Waals surface area contributed by atoms with Crippen molar-refractivity contribution in [3.05, 3.63) is 60.2 Å². The third-order valence-corrected chi connectivity index (χ3v) is 9.82. The van der Waals surface area contributed by atoms with Crippen LogP contribution in [0.5, 0.6) is 0 Å². The van der Waals surface area contributed by atoms with E-state index in [2.05, 4.69) is 12.2 Å². The van der Waals surface area contributed by atoms with Gasteiger partial charge >= 0.3 is 0 Å². The number of rotatable bonds is 6. The van der Waals surface area contributed by atoms with E-state index in [-0.39, 0.29) is 29.6 Å². The fourth-order valence-electron chi connectivity index (χ4n) is 6.37. The summed E-state index contributed by atoms with van der Waals surface area (Å²) in [6.07, 6.45) is 9.38. The first-order valence-electron chi connectivity index (χ1n) is 13.3. The van der Waals surface area contributed by atoms with Crippen molar-refractivity contribution in [3.63, 3.8) is 0 Å². The molecule has 1 aromatic rings. The molecule has 1 N–H and O–H groups in total. The van der Waals surface area contributed by atoms with Crippen LogP contribution in [0.15, 0.2) is 54.6 Å². The van der Waals surface area contributed by atoms with Crippen molar-refractivity contribution in [2.75, 3.05) is 26.2 Å². The number of hydrogen-bond donors (Lipinski definition) is 1. The van der Waals surface area contributed by atoms with Crippen molar-refractivity contribution in [2.45, 2.75) is 61.7 Å². The minimum atomic E-state index is -0.793. The Morgan fingerprint density at radius 3 is 2.46 bits per heavy atom. The number of hydrogen-bond acceptors (Lipinski definition) is 5. The van der Waals surface area contributed by atoms with Crippen LogP contribution < -0.4 is 0 Å². The average molecular weight is 524 g/mol. The summed E-state index contributed by atoms with van der Waals surface area (Å²) in [7, 11) is 0.